The summed E-state index contributed by atoms with van der Waals surface area (Å²) < 4.78 is 9.03. The number of esters is 2. The molecule has 0 aliphatic carbocycles. The lowest BCUT2D eigenvalue weighted by molar-refractivity contribution is -0.216. The molecule has 0 bridgehead atoms. The lowest BCUT2D eigenvalue weighted by Crippen LogP contribution is -2.53. The third kappa shape index (κ3) is 3.83. The average Bonchev–Trinajstić information content (AvgIpc) is 2.17. The topological polar surface area (TPSA) is 105 Å². The van der Waals surface area contributed by atoms with E-state index >= 15 is 0 Å². The van der Waals surface area contributed by atoms with Crippen molar-refractivity contribution in [3.63, 3.8) is 0 Å². The minimum absolute atomic E-state index is 0.369. The summed E-state index contributed by atoms with van der Waals surface area (Å²) in [4.78, 5) is 21.5. The van der Waals surface area contributed by atoms with Crippen molar-refractivity contribution >= 4 is 11.9 Å². The second-order valence-corrected chi connectivity index (χ2v) is 2.27. The molecule has 0 aliphatic heterocycles. The lowest BCUT2D eigenvalue weighted by atomic mass is 10.5. The Bertz CT molecular complexity index is 240. The molecule has 0 saturated heterocycles. The Balaban J connectivity index is 4.45. The van der Waals surface area contributed by atoms with Crippen LogP contribution in [0.3, 0.4) is 0 Å². The molecule has 6 nitrogen and oxygen atoms in total. The largest absolute Gasteiger partial charge is 0.404 e. The molecule has 0 fully saturated rings. The van der Waals surface area contributed by atoms with Gasteiger partial charge in [0, 0.05) is 12.2 Å². The quantitative estimate of drug-likeness (QED) is 0.335. The highest BCUT2D eigenvalue weighted by molar-refractivity contribution is 5.83. The first-order valence-electron chi connectivity index (χ1n) is 3.67. The van der Waals surface area contributed by atoms with Gasteiger partial charge < -0.3 is 15.2 Å². The molecule has 0 aromatic rings. The molecule has 0 spiro atoms. The molecule has 0 aromatic heterocycles. The molecule has 0 aromatic carbocycles. The zero-order valence-electron chi connectivity index (χ0n) is 7.56. The summed E-state index contributed by atoms with van der Waals surface area (Å²) in [5, 5.41) is 0. The molecule has 0 radical (unpaired) electrons. The number of rotatable bonds is 5. The number of hydrogen-bond acceptors (Lipinski definition) is 6. The molecular weight excluding hydrogens is 188 g/mol. The van der Waals surface area contributed by atoms with Gasteiger partial charge in [-0.15, -0.1) is 0 Å². The van der Waals surface area contributed by atoms with E-state index in [0.29, 0.717) is 0 Å². The third-order valence-electron chi connectivity index (χ3n) is 1.16. The van der Waals surface area contributed by atoms with Gasteiger partial charge in [-0.2, -0.15) is 0 Å². The van der Waals surface area contributed by atoms with Gasteiger partial charge in [-0.1, -0.05) is 13.2 Å². The van der Waals surface area contributed by atoms with Gasteiger partial charge in [-0.3, -0.25) is 5.73 Å². The highest BCUT2D eigenvalue weighted by Gasteiger charge is 2.31. The molecule has 4 N–H and O–H groups in total. The Morgan fingerprint density at radius 3 is 1.79 bits per heavy atom. The maximum atomic E-state index is 10.8. The molecule has 0 unspecified atom stereocenters. The zero-order chi connectivity index (χ0) is 11.2. The van der Waals surface area contributed by atoms with Crippen LogP contribution in [0.2, 0.25) is 0 Å². The number of carbonyl (C=O) groups is 2. The van der Waals surface area contributed by atoms with Crippen LogP contribution in [0, 0.1) is 0 Å². The van der Waals surface area contributed by atoms with Gasteiger partial charge in [0.25, 0.3) is 0 Å². The van der Waals surface area contributed by atoms with E-state index in [1.165, 1.54) is 0 Å². The van der Waals surface area contributed by atoms with Crippen LogP contribution in [-0.4, -0.2) is 24.4 Å². The summed E-state index contributed by atoms with van der Waals surface area (Å²) >= 11 is 0. The van der Waals surface area contributed by atoms with Gasteiger partial charge in [0.1, 0.15) is 0 Å². The highest BCUT2D eigenvalue weighted by Crippen LogP contribution is 2.05. The Labute approximate surface area is 81.1 Å². The Hall–Kier alpha value is -1.66. The van der Waals surface area contributed by atoms with Crippen molar-refractivity contribution in [1.82, 2.24) is 0 Å². The first kappa shape index (κ1) is 12.3. The molecular formula is C8H12N2O4. The fraction of sp³-hybridized carbons (Fsp3) is 0.250. The smallest absolute Gasteiger partial charge is 0.334 e. The molecule has 0 atom stereocenters. The van der Waals surface area contributed by atoms with Crippen molar-refractivity contribution in [2.45, 2.75) is 5.91 Å². The predicted molar refractivity (Wildman–Crippen MR) is 48.6 cm³/mol. The summed E-state index contributed by atoms with van der Waals surface area (Å²) in [6.45, 7) is 5.92. The predicted octanol–water partition coefficient (Wildman–Crippen LogP) is -0.984. The molecule has 0 rings (SSSR count). The summed E-state index contributed by atoms with van der Waals surface area (Å²) in [7, 11) is 0. The van der Waals surface area contributed by atoms with Crippen LogP contribution in [0.15, 0.2) is 25.3 Å². The van der Waals surface area contributed by atoms with Crippen LogP contribution < -0.4 is 11.5 Å². The van der Waals surface area contributed by atoms with Gasteiger partial charge in [0.2, 0.25) is 0 Å². The van der Waals surface area contributed by atoms with Crippen LogP contribution in [0.25, 0.3) is 0 Å². The average molecular weight is 200 g/mol. The van der Waals surface area contributed by atoms with Crippen molar-refractivity contribution in [2.24, 2.45) is 11.5 Å². The molecule has 0 amide bonds. The van der Waals surface area contributed by atoms with E-state index in [4.69, 9.17) is 11.5 Å². The Kier molecular flexibility index (Phi) is 4.54. The summed E-state index contributed by atoms with van der Waals surface area (Å²) in [6.07, 6.45) is 1.75. The van der Waals surface area contributed by atoms with Gasteiger partial charge >= 0.3 is 17.8 Å². The van der Waals surface area contributed by atoms with Crippen molar-refractivity contribution in [1.29, 1.82) is 0 Å². The fourth-order valence-electron chi connectivity index (χ4n) is 0.528. The van der Waals surface area contributed by atoms with E-state index in [0.717, 1.165) is 12.2 Å². The van der Waals surface area contributed by atoms with Crippen LogP contribution in [0.1, 0.15) is 0 Å². The molecule has 0 saturated carbocycles. The van der Waals surface area contributed by atoms with Crippen molar-refractivity contribution in [2.75, 3.05) is 6.54 Å². The maximum absolute atomic E-state index is 10.8. The SMILES string of the molecule is C=CC(=O)OC(N)(CN)OC(=O)C=C. The van der Waals surface area contributed by atoms with E-state index in [2.05, 4.69) is 22.6 Å². The van der Waals surface area contributed by atoms with Crippen LogP contribution >= 0.6 is 0 Å². The van der Waals surface area contributed by atoms with E-state index < -0.39 is 17.8 Å². The number of nitrogens with two attached hydrogens (primary N) is 2. The molecule has 0 aliphatic rings. The van der Waals surface area contributed by atoms with E-state index in [9.17, 15) is 9.59 Å². The molecule has 0 heterocycles. The number of hydrogen-bond donors (Lipinski definition) is 2. The Morgan fingerprint density at radius 1 is 1.21 bits per heavy atom. The van der Waals surface area contributed by atoms with Crippen LogP contribution in [0.4, 0.5) is 0 Å². The lowest BCUT2D eigenvalue weighted by Gasteiger charge is -2.25. The highest BCUT2D eigenvalue weighted by atomic mass is 16.7. The van der Waals surface area contributed by atoms with Gasteiger partial charge in [0.05, 0.1) is 6.54 Å². The first-order chi connectivity index (χ1) is 6.47. The van der Waals surface area contributed by atoms with Crippen molar-refractivity contribution in [3.05, 3.63) is 25.3 Å². The van der Waals surface area contributed by atoms with Crippen LogP contribution in [-0.2, 0) is 19.1 Å². The van der Waals surface area contributed by atoms with Crippen molar-refractivity contribution < 1.29 is 19.1 Å². The normalized spacial score (nSPS) is 10.1. The first-order valence-corrected chi connectivity index (χ1v) is 3.67. The van der Waals surface area contributed by atoms with E-state index in [-0.39, 0.29) is 6.54 Å². The maximum Gasteiger partial charge on any atom is 0.334 e. The minimum atomic E-state index is -1.98. The summed E-state index contributed by atoms with van der Waals surface area (Å²) in [6, 6.07) is 0. The van der Waals surface area contributed by atoms with Crippen LogP contribution in [0.5, 0.6) is 0 Å². The number of carbonyl (C=O) groups excluding carboxylic acids is 2. The fourth-order valence-corrected chi connectivity index (χ4v) is 0.528. The third-order valence-corrected chi connectivity index (χ3v) is 1.16. The van der Waals surface area contributed by atoms with Crippen molar-refractivity contribution in [3.8, 4) is 0 Å². The number of ether oxygens (including phenoxy) is 2. The minimum Gasteiger partial charge on any atom is -0.404 e. The standard InChI is InChI=1S/C8H12N2O4/c1-3-6(11)13-8(10,5-9)14-7(12)4-2/h3-4H,1-2,5,9-10H2. The van der Waals surface area contributed by atoms with E-state index in [1.807, 2.05) is 0 Å². The second-order valence-electron chi connectivity index (χ2n) is 2.27. The monoisotopic (exact) mass is 200 g/mol. The van der Waals surface area contributed by atoms with E-state index in [1.54, 1.807) is 0 Å². The van der Waals surface area contributed by atoms with Gasteiger partial charge in [-0.05, 0) is 0 Å². The summed E-state index contributed by atoms with van der Waals surface area (Å²) in [5.74, 6) is -3.65. The molecule has 6 heteroatoms. The molecule has 14 heavy (non-hydrogen) atoms. The molecule has 78 valence electrons. The summed E-state index contributed by atoms with van der Waals surface area (Å²) in [5.41, 5.74) is 10.5. The second kappa shape index (κ2) is 5.15. The van der Waals surface area contributed by atoms with Gasteiger partial charge in [-0.25, -0.2) is 9.59 Å². The Morgan fingerprint density at radius 2 is 1.57 bits per heavy atom. The zero-order valence-corrected chi connectivity index (χ0v) is 7.56. The van der Waals surface area contributed by atoms with Gasteiger partial charge in [0.15, 0.2) is 0 Å².